The number of nitrogens with one attached hydrogen (secondary N) is 1. The Bertz CT molecular complexity index is 866. The summed E-state index contributed by atoms with van der Waals surface area (Å²) in [6.45, 7) is 4.20. The van der Waals surface area contributed by atoms with E-state index in [9.17, 15) is 9.59 Å². The van der Waals surface area contributed by atoms with Crippen molar-refractivity contribution in [2.45, 2.75) is 20.3 Å². The summed E-state index contributed by atoms with van der Waals surface area (Å²) in [6, 6.07) is 11.1. The molecular weight excluding hydrogens is 352 g/mol. The number of benzene rings is 2. The minimum Gasteiger partial charge on any atom is -0.495 e. The second-order valence-corrected chi connectivity index (χ2v) is 6.96. The number of hydrogen-bond acceptors (Lipinski definition) is 3. The van der Waals surface area contributed by atoms with E-state index in [1.807, 2.05) is 38.1 Å². The normalized spacial score (nSPS) is 16.7. The Balaban J connectivity index is 1.77. The molecule has 2 amide bonds. The number of carbonyl (C=O) groups excluding carboxylic acids is 2. The topological polar surface area (TPSA) is 58.6 Å². The van der Waals surface area contributed by atoms with Crippen LogP contribution >= 0.6 is 11.6 Å². The first kappa shape index (κ1) is 18.3. The van der Waals surface area contributed by atoms with Crippen molar-refractivity contribution in [3.05, 3.63) is 52.5 Å². The van der Waals surface area contributed by atoms with E-state index < -0.39 is 5.92 Å². The van der Waals surface area contributed by atoms with Gasteiger partial charge in [-0.2, -0.15) is 0 Å². The molecule has 136 valence electrons. The van der Waals surface area contributed by atoms with Crippen molar-refractivity contribution in [3.63, 3.8) is 0 Å². The third kappa shape index (κ3) is 3.68. The highest BCUT2D eigenvalue weighted by Gasteiger charge is 2.36. The summed E-state index contributed by atoms with van der Waals surface area (Å²) in [7, 11) is 1.57. The van der Waals surface area contributed by atoms with Crippen LogP contribution in [0.15, 0.2) is 36.4 Å². The van der Waals surface area contributed by atoms with Crippen molar-refractivity contribution < 1.29 is 14.3 Å². The Hall–Kier alpha value is -2.53. The highest BCUT2D eigenvalue weighted by atomic mass is 35.5. The van der Waals surface area contributed by atoms with Gasteiger partial charge in [0.2, 0.25) is 11.8 Å². The molecular formula is C20H21ClN2O3. The van der Waals surface area contributed by atoms with Gasteiger partial charge in [0.1, 0.15) is 5.75 Å². The second kappa shape index (κ2) is 7.38. The van der Waals surface area contributed by atoms with Gasteiger partial charge in [0.15, 0.2) is 0 Å². The summed E-state index contributed by atoms with van der Waals surface area (Å²) in [5.74, 6) is -0.126. The van der Waals surface area contributed by atoms with Crippen LogP contribution in [0.5, 0.6) is 5.75 Å². The van der Waals surface area contributed by atoms with Crippen LogP contribution in [0.3, 0.4) is 0 Å². The van der Waals surface area contributed by atoms with Crippen LogP contribution in [0.25, 0.3) is 0 Å². The van der Waals surface area contributed by atoms with Crippen LogP contribution in [-0.4, -0.2) is 25.5 Å². The molecule has 1 aliphatic rings. The molecule has 2 aromatic carbocycles. The number of methoxy groups -OCH3 is 1. The molecule has 0 spiro atoms. The van der Waals surface area contributed by atoms with E-state index in [0.717, 1.165) is 11.1 Å². The molecule has 0 bridgehead atoms. The van der Waals surface area contributed by atoms with Crippen LogP contribution in [0, 0.1) is 19.8 Å². The van der Waals surface area contributed by atoms with E-state index in [1.165, 1.54) is 0 Å². The van der Waals surface area contributed by atoms with Crippen molar-refractivity contribution in [2.75, 3.05) is 23.9 Å². The molecule has 0 unspecified atom stereocenters. The number of hydrogen-bond donors (Lipinski definition) is 1. The van der Waals surface area contributed by atoms with Gasteiger partial charge < -0.3 is 15.0 Å². The minimum absolute atomic E-state index is 0.0935. The monoisotopic (exact) mass is 372 g/mol. The van der Waals surface area contributed by atoms with Crippen molar-refractivity contribution in [1.82, 2.24) is 0 Å². The smallest absolute Gasteiger partial charge is 0.229 e. The van der Waals surface area contributed by atoms with Crippen molar-refractivity contribution >= 4 is 34.8 Å². The molecule has 1 N–H and O–H groups in total. The summed E-state index contributed by atoms with van der Waals surface area (Å²) < 4.78 is 5.37. The third-order valence-electron chi connectivity index (χ3n) is 4.50. The van der Waals surface area contributed by atoms with Gasteiger partial charge in [0.25, 0.3) is 0 Å². The lowest BCUT2D eigenvalue weighted by molar-refractivity contribution is -0.122. The maximum Gasteiger partial charge on any atom is 0.229 e. The number of amides is 2. The Kier molecular flexibility index (Phi) is 5.18. The van der Waals surface area contributed by atoms with Gasteiger partial charge in [-0.25, -0.2) is 0 Å². The molecule has 0 saturated carbocycles. The number of rotatable bonds is 4. The fourth-order valence-corrected chi connectivity index (χ4v) is 3.37. The van der Waals surface area contributed by atoms with E-state index in [-0.39, 0.29) is 18.2 Å². The van der Waals surface area contributed by atoms with Gasteiger partial charge in [-0.15, -0.1) is 0 Å². The summed E-state index contributed by atoms with van der Waals surface area (Å²) >= 11 is 6.18. The predicted molar refractivity (Wildman–Crippen MR) is 103 cm³/mol. The molecule has 0 radical (unpaired) electrons. The molecule has 1 heterocycles. The van der Waals surface area contributed by atoms with Gasteiger partial charge >= 0.3 is 0 Å². The number of carbonyl (C=O) groups is 2. The van der Waals surface area contributed by atoms with Gasteiger partial charge in [0, 0.05) is 13.0 Å². The number of anilines is 2. The number of halogens is 1. The molecule has 1 fully saturated rings. The Morgan fingerprint density at radius 3 is 2.58 bits per heavy atom. The maximum atomic E-state index is 12.6. The zero-order valence-electron chi connectivity index (χ0n) is 15.0. The first-order valence-corrected chi connectivity index (χ1v) is 8.79. The van der Waals surface area contributed by atoms with Crippen molar-refractivity contribution in [3.8, 4) is 5.75 Å². The Morgan fingerprint density at radius 1 is 1.19 bits per heavy atom. The van der Waals surface area contributed by atoms with E-state index in [0.29, 0.717) is 28.7 Å². The number of ether oxygens (including phenoxy) is 1. The predicted octanol–water partition coefficient (Wildman–Crippen LogP) is 3.96. The standard InChI is InChI=1S/C20H21ClN2O3/c1-12-4-6-16(15(21)8-12)22-20(25)14-10-19(24)23(11-14)17-9-13(2)5-7-18(17)26-3/h4-9,14H,10-11H2,1-3H3,(H,22,25)/t14-/m0/s1. The van der Waals surface area contributed by atoms with Crippen LogP contribution in [0.2, 0.25) is 5.02 Å². The Morgan fingerprint density at radius 2 is 1.88 bits per heavy atom. The Labute approximate surface area is 157 Å². The summed E-state index contributed by atoms with van der Waals surface area (Å²) in [5.41, 5.74) is 3.29. The minimum atomic E-state index is -0.440. The fourth-order valence-electron chi connectivity index (χ4n) is 3.08. The number of aryl methyl sites for hydroxylation is 2. The average Bonchev–Trinajstić information content (AvgIpc) is 2.99. The fraction of sp³-hybridized carbons (Fsp3) is 0.300. The van der Waals surface area contributed by atoms with E-state index >= 15 is 0 Å². The van der Waals surface area contributed by atoms with Gasteiger partial charge in [-0.1, -0.05) is 23.7 Å². The van der Waals surface area contributed by atoms with Crippen molar-refractivity contribution in [1.29, 1.82) is 0 Å². The zero-order chi connectivity index (χ0) is 18.8. The largest absolute Gasteiger partial charge is 0.495 e. The molecule has 6 heteroatoms. The van der Waals surface area contributed by atoms with E-state index in [4.69, 9.17) is 16.3 Å². The zero-order valence-corrected chi connectivity index (χ0v) is 15.8. The van der Waals surface area contributed by atoms with Crippen LogP contribution in [0.4, 0.5) is 11.4 Å². The molecule has 1 saturated heterocycles. The summed E-state index contributed by atoms with van der Waals surface area (Å²) in [4.78, 5) is 26.7. The lowest BCUT2D eigenvalue weighted by Crippen LogP contribution is -2.28. The quantitative estimate of drug-likeness (QED) is 0.883. The second-order valence-electron chi connectivity index (χ2n) is 6.55. The molecule has 3 rings (SSSR count). The van der Waals surface area contributed by atoms with Crippen LogP contribution < -0.4 is 15.0 Å². The maximum absolute atomic E-state index is 12.6. The van der Waals surface area contributed by atoms with Gasteiger partial charge in [0.05, 0.1) is 29.4 Å². The average molecular weight is 373 g/mol. The molecule has 1 aliphatic heterocycles. The van der Waals surface area contributed by atoms with E-state index in [2.05, 4.69) is 5.32 Å². The highest BCUT2D eigenvalue weighted by molar-refractivity contribution is 6.33. The molecule has 0 aromatic heterocycles. The van der Waals surface area contributed by atoms with Gasteiger partial charge in [-0.05, 0) is 49.2 Å². The summed E-state index contributed by atoms with van der Waals surface area (Å²) in [5, 5.41) is 3.32. The lowest BCUT2D eigenvalue weighted by atomic mass is 10.1. The van der Waals surface area contributed by atoms with E-state index in [1.54, 1.807) is 24.1 Å². The molecule has 0 aliphatic carbocycles. The lowest BCUT2D eigenvalue weighted by Gasteiger charge is -2.20. The molecule has 2 aromatic rings. The van der Waals surface area contributed by atoms with Crippen LogP contribution in [-0.2, 0) is 9.59 Å². The first-order valence-electron chi connectivity index (χ1n) is 8.41. The first-order chi connectivity index (χ1) is 12.4. The van der Waals surface area contributed by atoms with Crippen LogP contribution in [0.1, 0.15) is 17.5 Å². The van der Waals surface area contributed by atoms with Crippen molar-refractivity contribution in [2.24, 2.45) is 5.92 Å². The number of nitrogens with zero attached hydrogens (tertiary/aromatic N) is 1. The molecule has 26 heavy (non-hydrogen) atoms. The molecule has 5 nitrogen and oxygen atoms in total. The summed E-state index contributed by atoms with van der Waals surface area (Å²) in [6.07, 6.45) is 0.159. The SMILES string of the molecule is COc1ccc(C)cc1N1C[C@@H](C(=O)Nc2ccc(C)cc2Cl)CC1=O. The van der Waals surface area contributed by atoms with Gasteiger partial charge in [-0.3, -0.25) is 9.59 Å². The molecule has 1 atom stereocenters. The third-order valence-corrected chi connectivity index (χ3v) is 4.82. The highest BCUT2D eigenvalue weighted by Crippen LogP contribution is 2.34.